The molecule has 2 N–H and O–H groups in total. The van der Waals surface area contributed by atoms with Crippen LogP contribution in [-0.2, 0) is 0 Å². The highest BCUT2D eigenvalue weighted by Gasteiger charge is 2.11. The van der Waals surface area contributed by atoms with E-state index in [4.69, 9.17) is 5.73 Å². The molecule has 0 radical (unpaired) electrons. The lowest BCUT2D eigenvalue weighted by molar-refractivity contribution is 0.619. The highest BCUT2D eigenvalue weighted by atomic mass is 19.1. The monoisotopic (exact) mass is 269 g/mol. The molecule has 0 aliphatic rings. The third kappa shape index (κ3) is 1.84. The molecule has 3 nitrogen and oxygen atoms in total. The van der Waals surface area contributed by atoms with E-state index in [2.05, 4.69) is 24.9 Å². The molecule has 2 aromatic carbocycles. The lowest BCUT2D eigenvalue weighted by Crippen LogP contribution is -2.01. The molecule has 0 atom stereocenters. The van der Waals surface area contributed by atoms with Gasteiger partial charge in [-0.3, -0.25) is 4.57 Å². The molecule has 20 heavy (non-hydrogen) atoms. The number of nitrogens with zero attached hydrogens (tertiary/aromatic N) is 2. The number of nitrogens with two attached hydrogens (primary N) is 1. The van der Waals surface area contributed by atoms with E-state index in [0.717, 1.165) is 16.7 Å². The SMILES string of the molecule is Cc1cc2ncn(-c3cc(C)c(F)cc3N)c2cc1C. The molecule has 0 amide bonds. The number of anilines is 1. The molecule has 0 aliphatic heterocycles. The summed E-state index contributed by atoms with van der Waals surface area (Å²) in [4.78, 5) is 4.40. The average molecular weight is 269 g/mol. The van der Waals surface area contributed by atoms with Gasteiger partial charge < -0.3 is 5.73 Å². The maximum atomic E-state index is 13.5. The minimum Gasteiger partial charge on any atom is -0.397 e. The van der Waals surface area contributed by atoms with Crippen molar-refractivity contribution in [2.24, 2.45) is 0 Å². The number of benzene rings is 2. The molecular formula is C16H16FN3. The largest absolute Gasteiger partial charge is 0.397 e. The molecule has 4 heteroatoms. The first-order valence-electron chi connectivity index (χ1n) is 6.47. The van der Waals surface area contributed by atoms with Gasteiger partial charge in [-0.2, -0.15) is 0 Å². The second kappa shape index (κ2) is 4.34. The number of aryl methyl sites for hydroxylation is 3. The van der Waals surface area contributed by atoms with Crippen molar-refractivity contribution < 1.29 is 4.39 Å². The smallest absolute Gasteiger partial charge is 0.128 e. The van der Waals surface area contributed by atoms with Gasteiger partial charge in [-0.1, -0.05) is 0 Å². The van der Waals surface area contributed by atoms with Crippen molar-refractivity contribution >= 4 is 16.7 Å². The van der Waals surface area contributed by atoms with Crippen LogP contribution in [0.15, 0.2) is 30.6 Å². The van der Waals surface area contributed by atoms with E-state index in [1.807, 2.05) is 10.6 Å². The fourth-order valence-electron chi connectivity index (χ4n) is 2.35. The lowest BCUT2D eigenvalue weighted by atomic mass is 10.1. The fraction of sp³-hybridized carbons (Fsp3) is 0.188. The molecule has 1 heterocycles. The van der Waals surface area contributed by atoms with Crippen LogP contribution in [0, 0.1) is 26.6 Å². The van der Waals surface area contributed by atoms with Crippen LogP contribution in [0.2, 0.25) is 0 Å². The van der Waals surface area contributed by atoms with E-state index >= 15 is 0 Å². The summed E-state index contributed by atoms with van der Waals surface area (Å²) in [6.07, 6.45) is 1.73. The van der Waals surface area contributed by atoms with Crippen LogP contribution in [-0.4, -0.2) is 9.55 Å². The molecule has 3 rings (SSSR count). The van der Waals surface area contributed by atoms with Gasteiger partial charge in [0.2, 0.25) is 0 Å². The molecule has 0 bridgehead atoms. The summed E-state index contributed by atoms with van der Waals surface area (Å²) in [6, 6.07) is 7.24. The van der Waals surface area contributed by atoms with Gasteiger partial charge in [-0.25, -0.2) is 9.37 Å². The first kappa shape index (κ1) is 12.7. The van der Waals surface area contributed by atoms with Gasteiger partial charge in [0.25, 0.3) is 0 Å². The third-order valence-corrected chi connectivity index (χ3v) is 3.73. The van der Waals surface area contributed by atoms with Crippen molar-refractivity contribution in [2.45, 2.75) is 20.8 Å². The molecule has 0 spiro atoms. The van der Waals surface area contributed by atoms with Gasteiger partial charge in [-0.15, -0.1) is 0 Å². The van der Waals surface area contributed by atoms with Crippen LogP contribution < -0.4 is 5.73 Å². The summed E-state index contributed by atoms with van der Waals surface area (Å²) in [5.74, 6) is -0.289. The van der Waals surface area contributed by atoms with E-state index in [9.17, 15) is 4.39 Å². The van der Waals surface area contributed by atoms with Crippen molar-refractivity contribution in [2.75, 3.05) is 5.73 Å². The molecule has 0 saturated heterocycles. The van der Waals surface area contributed by atoms with Crippen molar-refractivity contribution in [1.29, 1.82) is 0 Å². The van der Waals surface area contributed by atoms with Gasteiger partial charge in [-0.05, 0) is 61.7 Å². The van der Waals surface area contributed by atoms with Crippen LogP contribution in [0.25, 0.3) is 16.7 Å². The number of hydrogen-bond acceptors (Lipinski definition) is 2. The van der Waals surface area contributed by atoms with Crippen LogP contribution in [0.3, 0.4) is 0 Å². The maximum absolute atomic E-state index is 13.5. The standard InChI is InChI=1S/C16H16FN3/c1-9-4-14-16(5-10(9)2)20(8-19-14)15-6-11(3)12(17)7-13(15)18/h4-8H,18H2,1-3H3. The molecule has 3 aromatic rings. The normalized spacial score (nSPS) is 11.2. The molecule has 0 unspecified atom stereocenters. The molecule has 0 fully saturated rings. The van der Waals surface area contributed by atoms with Gasteiger partial charge in [0, 0.05) is 0 Å². The van der Waals surface area contributed by atoms with Crippen LogP contribution in [0.4, 0.5) is 10.1 Å². The third-order valence-electron chi connectivity index (χ3n) is 3.73. The molecule has 102 valence electrons. The quantitative estimate of drug-likeness (QED) is 0.685. The molecular weight excluding hydrogens is 253 g/mol. The van der Waals surface area contributed by atoms with E-state index < -0.39 is 0 Å². The van der Waals surface area contributed by atoms with Crippen molar-refractivity contribution in [3.05, 3.63) is 53.1 Å². The first-order chi connectivity index (χ1) is 9.47. The Hall–Kier alpha value is -2.36. The summed E-state index contributed by atoms with van der Waals surface area (Å²) in [5.41, 5.74) is 12.0. The van der Waals surface area contributed by atoms with Gasteiger partial charge >= 0.3 is 0 Å². The minimum absolute atomic E-state index is 0.289. The fourth-order valence-corrected chi connectivity index (χ4v) is 2.35. The van der Waals surface area contributed by atoms with Crippen LogP contribution in [0.5, 0.6) is 0 Å². The molecule has 0 saturated carbocycles. The number of fused-ring (bicyclic) bond motifs is 1. The lowest BCUT2D eigenvalue weighted by Gasteiger charge is -2.10. The van der Waals surface area contributed by atoms with E-state index in [1.165, 1.54) is 17.2 Å². The number of rotatable bonds is 1. The van der Waals surface area contributed by atoms with Crippen LogP contribution in [0.1, 0.15) is 16.7 Å². The second-order valence-electron chi connectivity index (χ2n) is 5.20. The first-order valence-corrected chi connectivity index (χ1v) is 6.47. The minimum atomic E-state index is -0.289. The highest BCUT2D eigenvalue weighted by Crippen LogP contribution is 2.26. The van der Waals surface area contributed by atoms with Gasteiger partial charge in [0.1, 0.15) is 12.1 Å². The zero-order valence-electron chi connectivity index (χ0n) is 11.7. The number of aromatic nitrogens is 2. The number of hydrogen-bond donors (Lipinski definition) is 1. The summed E-state index contributed by atoms with van der Waals surface area (Å²) < 4.78 is 15.4. The zero-order valence-corrected chi connectivity index (χ0v) is 11.7. The second-order valence-corrected chi connectivity index (χ2v) is 5.20. The molecule has 1 aromatic heterocycles. The number of halogens is 1. The van der Waals surface area contributed by atoms with E-state index in [1.54, 1.807) is 19.3 Å². The predicted octanol–water partition coefficient (Wildman–Crippen LogP) is 3.67. The van der Waals surface area contributed by atoms with Crippen LogP contribution >= 0.6 is 0 Å². The Morgan fingerprint density at radius 3 is 2.45 bits per heavy atom. The Balaban J connectivity index is 2.30. The summed E-state index contributed by atoms with van der Waals surface area (Å²) >= 11 is 0. The summed E-state index contributed by atoms with van der Waals surface area (Å²) in [5, 5.41) is 0. The van der Waals surface area contributed by atoms with E-state index in [-0.39, 0.29) is 5.82 Å². The van der Waals surface area contributed by atoms with Gasteiger partial charge in [0.15, 0.2) is 0 Å². The Bertz CT molecular complexity index is 818. The summed E-state index contributed by atoms with van der Waals surface area (Å²) in [7, 11) is 0. The number of nitrogen functional groups attached to an aromatic ring is 1. The van der Waals surface area contributed by atoms with Crippen molar-refractivity contribution in [1.82, 2.24) is 9.55 Å². The van der Waals surface area contributed by atoms with Crippen molar-refractivity contribution in [3.63, 3.8) is 0 Å². The van der Waals surface area contributed by atoms with E-state index in [0.29, 0.717) is 11.3 Å². The topological polar surface area (TPSA) is 43.8 Å². The Kier molecular flexibility index (Phi) is 2.74. The zero-order chi connectivity index (χ0) is 14.4. The Labute approximate surface area is 116 Å². The predicted molar refractivity (Wildman–Crippen MR) is 79.7 cm³/mol. The highest BCUT2D eigenvalue weighted by molar-refractivity contribution is 5.80. The molecule has 0 aliphatic carbocycles. The Morgan fingerprint density at radius 1 is 1.00 bits per heavy atom. The van der Waals surface area contributed by atoms with Gasteiger partial charge in [0.05, 0.1) is 22.4 Å². The average Bonchev–Trinajstić information content (AvgIpc) is 2.77. The van der Waals surface area contributed by atoms with Crippen molar-refractivity contribution in [3.8, 4) is 5.69 Å². The number of imidazole rings is 1. The Morgan fingerprint density at radius 2 is 1.70 bits per heavy atom. The summed E-state index contributed by atoms with van der Waals surface area (Å²) in [6.45, 7) is 5.85. The maximum Gasteiger partial charge on any atom is 0.128 e.